The van der Waals surface area contributed by atoms with Crippen molar-refractivity contribution in [2.24, 2.45) is 0 Å². The molecule has 1 rings (SSSR count). The minimum Gasteiger partial charge on any atom is -0.383 e. The van der Waals surface area contributed by atoms with Crippen LogP contribution in [0.1, 0.15) is 5.56 Å². The van der Waals surface area contributed by atoms with E-state index in [0.29, 0.717) is 19.7 Å². The predicted octanol–water partition coefficient (Wildman–Crippen LogP) is 1.29. The van der Waals surface area contributed by atoms with Crippen molar-refractivity contribution in [1.82, 2.24) is 10.2 Å². The van der Waals surface area contributed by atoms with E-state index in [1.807, 2.05) is 48.3 Å². The summed E-state index contributed by atoms with van der Waals surface area (Å²) in [5.41, 5.74) is 1.20. The van der Waals surface area contributed by atoms with Crippen LogP contribution in [0.15, 0.2) is 42.1 Å². The number of amides is 1. The number of nitrogens with one attached hydrogen (secondary N) is 1. The number of hydrogen-bond donors (Lipinski definition) is 1. The van der Waals surface area contributed by atoms with Gasteiger partial charge in [0.25, 0.3) is 5.91 Å². The van der Waals surface area contributed by atoms with Crippen LogP contribution in [0.3, 0.4) is 0 Å². The van der Waals surface area contributed by atoms with Gasteiger partial charge in [0.15, 0.2) is 0 Å². The number of benzene rings is 1. The van der Waals surface area contributed by atoms with Crippen LogP contribution in [-0.2, 0) is 16.1 Å². The molecule has 5 nitrogen and oxygen atoms in total. The molecule has 0 atom stereocenters. The van der Waals surface area contributed by atoms with Crippen molar-refractivity contribution in [3.8, 4) is 6.07 Å². The summed E-state index contributed by atoms with van der Waals surface area (Å²) < 4.78 is 4.84. The summed E-state index contributed by atoms with van der Waals surface area (Å²) in [5, 5.41) is 11.7. The SMILES string of the molecule is COCCNC(=O)/C(C#N)=C\N(C)Cc1ccccc1. The first-order valence-electron chi connectivity index (χ1n) is 6.30. The van der Waals surface area contributed by atoms with Crippen molar-refractivity contribution in [1.29, 1.82) is 5.26 Å². The van der Waals surface area contributed by atoms with E-state index in [9.17, 15) is 4.79 Å². The normalized spacial score (nSPS) is 10.8. The van der Waals surface area contributed by atoms with Crippen LogP contribution in [-0.4, -0.2) is 38.1 Å². The fourth-order valence-electron chi connectivity index (χ4n) is 1.64. The summed E-state index contributed by atoms with van der Waals surface area (Å²) in [6, 6.07) is 11.8. The van der Waals surface area contributed by atoms with Crippen molar-refractivity contribution >= 4 is 5.91 Å². The second-order valence-corrected chi connectivity index (χ2v) is 4.30. The molecule has 1 N–H and O–H groups in total. The van der Waals surface area contributed by atoms with E-state index in [2.05, 4.69) is 5.32 Å². The highest BCUT2D eigenvalue weighted by molar-refractivity contribution is 5.97. The molecule has 0 aromatic heterocycles. The molecule has 106 valence electrons. The third kappa shape index (κ3) is 5.55. The van der Waals surface area contributed by atoms with Crippen LogP contribution >= 0.6 is 0 Å². The first-order valence-corrected chi connectivity index (χ1v) is 6.30. The number of carbonyl (C=O) groups excluding carboxylic acids is 1. The minimum atomic E-state index is -0.385. The zero-order valence-electron chi connectivity index (χ0n) is 11.8. The number of carbonyl (C=O) groups is 1. The molecular weight excluding hydrogens is 254 g/mol. The zero-order valence-corrected chi connectivity index (χ0v) is 11.8. The van der Waals surface area contributed by atoms with Crippen molar-refractivity contribution in [2.75, 3.05) is 27.3 Å². The Morgan fingerprint density at radius 1 is 1.45 bits per heavy atom. The second kappa shape index (κ2) is 8.73. The Kier molecular flexibility index (Phi) is 6.87. The van der Waals surface area contributed by atoms with E-state index < -0.39 is 0 Å². The molecule has 1 aromatic rings. The van der Waals surface area contributed by atoms with E-state index in [1.165, 1.54) is 0 Å². The van der Waals surface area contributed by atoms with Crippen LogP contribution < -0.4 is 5.32 Å². The van der Waals surface area contributed by atoms with Gasteiger partial charge in [0.05, 0.1) is 6.61 Å². The minimum absolute atomic E-state index is 0.0829. The van der Waals surface area contributed by atoms with E-state index in [0.717, 1.165) is 5.56 Å². The lowest BCUT2D eigenvalue weighted by Crippen LogP contribution is -2.29. The lowest BCUT2D eigenvalue weighted by atomic mass is 10.2. The molecule has 5 heteroatoms. The summed E-state index contributed by atoms with van der Waals surface area (Å²) in [6.07, 6.45) is 1.55. The average Bonchev–Trinajstić information content (AvgIpc) is 2.46. The Hall–Kier alpha value is -2.32. The van der Waals surface area contributed by atoms with Crippen molar-refractivity contribution < 1.29 is 9.53 Å². The highest BCUT2D eigenvalue weighted by atomic mass is 16.5. The zero-order chi connectivity index (χ0) is 14.8. The molecule has 0 spiro atoms. The Bertz CT molecular complexity index is 492. The molecule has 0 bridgehead atoms. The molecule has 0 fully saturated rings. The number of nitrogens with zero attached hydrogens (tertiary/aromatic N) is 2. The number of methoxy groups -OCH3 is 1. The molecule has 0 radical (unpaired) electrons. The summed E-state index contributed by atoms with van der Waals surface area (Å²) in [7, 11) is 3.38. The molecule has 1 amide bonds. The van der Waals surface area contributed by atoms with Crippen molar-refractivity contribution in [2.45, 2.75) is 6.54 Å². The predicted molar refractivity (Wildman–Crippen MR) is 76.5 cm³/mol. The number of rotatable bonds is 7. The maximum Gasteiger partial charge on any atom is 0.263 e. The van der Waals surface area contributed by atoms with Crippen molar-refractivity contribution in [3.05, 3.63) is 47.7 Å². The molecule has 0 aliphatic rings. The third-order valence-corrected chi connectivity index (χ3v) is 2.58. The van der Waals surface area contributed by atoms with Crippen LogP contribution in [0.5, 0.6) is 0 Å². The van der Waals surface area contributed by atoms with Gasteiger partial charge in [-0.15, -0.1) is 0 Å². The molecule has 0 heterocycles. The number of ether oxygens (including phenoxy) is 1. The molecular formula is C15H19N3O2. The van der Waals surface area contributed by atoms with Crippen LogP contribution in [0.25, 0.3) is 0 Å². The third-order valence-electron chi connectivity index (χ3n) is 2.58. The van der Waals surface area contributed by atoms with Gasteiger partial charge >= 0.3 is 0 Å². The molecule has 0 saturated heterocycles. The Morgan fingerprint density at radius 2 is 2.15 bits per heavy atom. The Morgan fingerprint density at radius 3 is 2.75 bits per heavy atom. The van der Waals surface area contributed by atoms with Gasteiger partial charge < -0.3 is 15.0 Å². The highest BCUT2D eigenvalue weighted by Crippen LogP contribution is 2.04. The maximum absolute atomic E-state index is 11.8. The topological polar surface area (TPSA) is 65.4 Å². The summed E-state index contributed by atoms with van der Waals surface area (Å²) >= 11 is 0. The lowest BCUT2D eigenvalue weighted by Gasteiger charge is -2.14. The van der Waals surface area contributed by atoms with Crippen molar-refractivity contribution in [3.63, 3.8) is 0 Å². The molecule has 0 aliphatic heterocycles. The van der Waals surface area contributed by atoms with Crippen LogP contribution in [0.4, 0.5) is 0 Å². The lowest BCUT2D eigenvalue weighted by molar-refractivity contribution is -0.117. The fourth-order valence-corrected chi connectivity index (χ4v) is 1.64. The average molecular weight is 273 g/mol. The van der Waals surface area contributed by atoms with E-state index in [-0.39, 0.29) is 11.5 Å². The van der Waals surface area contributed by atoms with Crippen LogP contribution in [0, 0.1) is 11.3 Å². The summed E-state index contributed by atoms with van der Waals surface area (Å²) in [4.78, 5) is 13.6. The largest absolute Gasteiger partial charge is 0.383 e. The molecule has 20 heavy (non-hydrogen) atoms. The van der Waals surface area contributed by atoms with E-state index >= 15 is 0 Å². The monoisotopic (exact) mass is 273 g/mol. The fraction of sp³-hybridized carbons (Fsp3) is 0.333. The second-order valence-electron chi connectivity index (χ2n) is 4.30. The highest BCUT2D eigenvalue weighted by Gasteiger charge is 2.09. The van der Waals surface area contributed by atoms with Gasteiger partial charge in [-0.25, -0.2) is 0 Å². The van der Waals surface area contributed by atoms with E-state index in [1.54, 1.807) is 13.3 Å². The summed E-state index contributed by atoms with van der Waals surface area (Å²) in [5.74, 6) is -0.385. The van der Waals surface area contributed by atoms with Gasteiger partial charge in [0.2, 0.25) is 0 Å². The number of hydrogen-bond acceptors (Lipinski definition) is 4. The standard InChI is InChI=1S/C15H19N3O2/c1-18(11-13-6-4-3-5-7-13)12-14(10-16)15(19)17-8-9-20-2/h3-7,12H,8-9,11H2,1-2H3,(H,17,19)/b14-12-. The summed E-state index contributed by atoms with van der Waals surface area (Å²) in [6.45, 7) is 1.44. The first-order chi connectivity index (χ1) is 9.67. The van der Waals surface area contributed by atoms with E-state index in [4.69, 9.17) is 10.00 Å². The Balaban J connectivity index is 2.59. The molecule has 1 aromatic carbocycles. The quantitative estimate of drug-likeness (QED) is 0.462. The molecule has 0 unspecified atom stereocenters. The van der Waals surface area contributed by atoms with Gasteiger partial charge in [0.1, 0.15) is 11.6 Å². The first kappa shape index (κ1) is 15.7. The smallest absolute Gasteiger partial charge is 0.263 e. The van der Waals surface area contributed by atoms with Gasteiger partial charge in [-0.05, 0) is 5.56 Å². The molecule has 0 saturated carbocycles. The number of nitriles is 1. The van der Waals surface area contributed by atoms with Gasteiger partial charge in [-0.1, -0.05) is 30.3 Å². The molecule has 0 aliphatic carbocycles. The van der Waals surface area contributed by atoms with Gasteiger partial charge in [-0.3, -0.25) is 4.79 Å². The van der Waals surface area contributed by atoms with Crippen LogP contribution in [0.2, 0.25) is 0 Å². The van der Waals surface area contributed by atoms with Gasteiger partial charge in [0, 0.05) is 33.4 Å². The maximum atomic E-state index is 11.8. The Labute approximate surface area is 119 Å². The van der Waals surface area contributed by atoms with Gasteiger partial charge in [-0.2, -0.15) is 5.26 Å².